The number of hydrogen-bond acceptors (Lipinski definition) is 1. The van der Waals surface area contributed by atoms with Crippen LogP contribution >= 0.6 is 0 Å². The zero-order valence-corrected chi connectivity index (χ0v) is 13.9. The third-order valence-electron chi connectivity index (χ3n) is 4.65. The predicted molar refractivity (Wildman–Crippen MR) is 103 cm³/mol. The van der Waals surface area contributed by atoms with Gasteiger partial charge < -0.3 is 4.98 Å². The summed E-state index contributed by atoms with van der Waals surface area (Å²) in [5.41, 5.74) is 6.31. The van der Waals surface area contributed by atoms with E-state index in [9.17, 15) is 4.79 Å². The molecule has 0 radical (unpaired) electrons. The van der Waals surface area contributed by atoms with Gasteiger partial charge in [0.05, 0.1) is 5.69 Å². The Balaban J connectivity index is 1.59. The second-order valence-electron chi connectivity index (χ2n) is 6.26. The van der Waals surface area contributed by atoms with Gasteiger partial charge in [0, 0.05) is 16.5 Å². The molecule has 0 amide bonds. The molecule has 25 heavy (non-hydrogen) atoms. The van der Waals surface area contributed by atoms with Crippen molar-refractivity contribution < 1.29 is 4.79 Å². The van der Waals surface area contributed by atoms with E-state index in [1.165, 1.54) is 11.1 Å². The zero-order valence-electron chi connectivity index (χ0n) is 13.9. The van der Waals surface area contributed by atoms with Crippen LogP contribution in [0.2, 0.25) is 0 Å². The highest BCUT2D eigenvalue weighted by molar-refractivity contribution is 6.04. The van der Waals surface area contributed by atoms with Gasteiger partial charge in [-0.2, -0.15) is 0 Å². The van der Waals surface area contributed by atoms with Crippen LogP contribution in [-0.2, 0) is 12.8 Å². The molecule has 4 aromatic rings. The van der Waals surface area contributed by atoms with Crippen LogP contribution in [0, 0.1) is 0 Å². The van der Waals surface area contributed by atoms with Gasteiger partial charge in [-0.25, -0.2) is 0 Å². The lowest BCUT2D eigenvalue weighted by Crippen LogP contribution is -1.91. The standard InChI is InChI=1S/C23H19NO/c25-16-21-20-8-4-5-9-22(20)24-23(21)19-14-12-18(13-15-19)11-10-17-6-2-1-3-7-17/h1-9,12-16,24H,10-11H2. The molecule has 0 saturated carbocycles. The Labute approximate surface area is 147 Å². The average Bonchev–Trinajstić information content (AvgIpc) is 3.06. The quantitative estimate of drug-likeness (QED) is 0.487. The Kier molecular flexibility index (Phi) is 4.17. The molecule has 4 rings (SSSR count). The van der Waals surface area contributed by atoms with Crippen LogP contribution in [0.4, 0.5) is 0 Å². The number of benzene rings is 3. The van der Waals surface area contributed by atoms with Gasteiger partial charge in [-0.1, -0.05) is 72.8 Å². The molecule has 0 aliphatic rings. The summed E-state index contributed by atoms with van der Waals surface area (Å²) in [5, 5.41) is 0.973. The van der Waals surface area contributed by atoms with Gasteiger partial charge >= 0.3 is 0 Å². The maximum atomic E-state index is 11.6. The van der Waals surface area contributed by atoms with Gasteiger partial charge in [-0.05, 0) is 35.6 Å². The fraction of sp³-hybridized carbons (Fsp3) is 0.0870. The van der Waals surface area contributed by atoms with Crippen LogP contribution in [0.5, 0.6) is 0 Å². The molecule has 0 fully saturated rings. The van der Waals surface area contributed by atoms with E-state index in [4.69, 9.17) is 0 Å². The van der Waals surface area contributed by atoms with E-state index in [1.54, 1.807) is 0 Å². The summed E-state index contributed by atoms with van der Waals surface area (Å²) in [6.45, 7) is 0. The number of carbonyl (C=O) groups excluding carboxylic acids is 1. The SMILES string of the molecule is O=Cc1c(-c2ccc(CCc3ccccc3)cc2)[nH]c2ccccc12. The van der Waals surface area contributed by atoms with Crippen molar-refractivity contribution >= 4 is 17.2 Å². The molecular formula is C23H19NO. The highest BCUT2D eigenvalue weighted by Gasteiger charge is 2.12. The number of aryl methyl sites for hydroxylation is 2. The molecule has 0 unspecified atom stereocenters. The molecular weight excluding hydrogens is 306 g/mol. The van der Waals surface area contributed by atoms with Crippen molar-refractivity contribution in [3.05, 3.63) is 95.6 Å². The molecule has 1 aromatic heterocycles. The Morgan fingerprint density at radius 2 is 1.36 bits per heavy atom. The van der Waals surface area contributed by atoms with Crippen LogP contribution in [0.15, 0.2) is 78.9 Å². The molecule has 2 nitrogen and oxygen atoms in total. The van der Waals surface area contributed by atoms with Gasteiger partial charge in [0.2, 0.25) is 0 Å². The maximum absolute atomic E-state index is 11.6. The van der Waals surface area contributed by atoms with E-state index < -0.39 is 0 Å². The monoisotopic (exact) mass is 325 g/mol. The number of fused-ring (bicyclic) bond motifs is 1. The van der Waals surface area contributed by atoms with Crippen molar-refractivity contribution in [2.45, 2.75) is 12.8 Å². The smallest absolute Gasteiger partial charge is 0.152 e. The lowest BCUT2D eigenvalue weighted by molar-refractivity contribution is 0.112. The van der Waals surface area contributed by atoms with E-state index in [-0.39, 0.29) is 0 Å². The van der Waals surface area contributed by atoms with E-state index in [2.05, 4.69) is 53.5 Å². The van der Waals surface area contributed by atoms with Gasteiger partial charge in [0.25, 0.3) is 0 Å². The van der Waals surface area contributed by atoms with Gasteiger partial charge in [0.1, 0.15) is 0 Å². The zero-order chi connectivity index (χ0) is 17.1. The fourth-order valence-corrected chi connectivity index (χ4v) is 3.29. The van der Waals surface area contributed by atoms with Crippen LogP contribution in [-0.4, -0.2) is 11.3 Å². The number of H-pyrrole nitrogens is 1. The average molecular weight is 325 g/mol. The molecule has 0 aliphatic carbocycles. The second-order valence-corrected chi connectivity index (χ2v) is 6.26. The number of aromatic amines is 1. The third kappa shape index (κ3) is 3.11. The maximum Gasteiger partial charge on any atom is 0.152 e. The Hall–Kier alpha value is -3.13. The third-order valence-corrected chi connectivity index (χ3v) is 4.65. The molecule has 0 bridgehead atoms. The molecule has 0 spiro atoms. The number of nitrogens with one attached hydrogen (secondary N) is 1. The molecule has 2 heteroatoms. The minimum Gasteiger partial charge on any atom is -0.354 e. The van der Waals surface area contributed by atoms with Crippen molar-refractivity contribution in [3.8, 4) is 11.3 Å². The molecule has 3 aromatic carbocycles. The first kappa shape index (κ1) is 15.4. The number of aromatic nitrogens is 1. The lowest BCUT2D eigenvalue weighted by atomic mass is 10.0. The van der Waals surface area contributed by atoms with E-state index >= 15 is 0 Å². The Morgan fingerprint density at radius 3 is 2.08 bits per heavy atom. The summed E-state index contributed by atoms with van der Waals surface area (Å²) < 4.78 is 0. The summed E-state index contributed by atoms with van der Waals surface area (Å²) in [7, 11) is 0. The Bertz CT molecular complexity index is 997. The van der Waals surface area contributed by atoms with E-state index in [0.717, 1.165) is 46.9 Å². The highest BCUT2D eigenvalue weighted by atomic mass is 16.1. The molecule has 0 aliphatic heterocycles. The van der Waals surface area contributed by atoms with Crippen LogP contribution < -0.4 is 0 Å². The fourth-order valence-electron chi connectivity index (χ4n) is 3.29. The predicted octanol–water partition coefficient (Wildman–Crippen LogP) is 5.43. The van der Waals surface area contributed by atoms with E-state index in [0.29, 0.717) is 0 Å². The summed E-state index contributed by atoms with van der Waals surface area (Å²) in [6.07, 6.45) is 2.99. The van der Waals surface area contributed by atoms with Crippen LogP contribution in [0.1, 0.15) is 21.5 Å². The van der Waals surface area contributed by atoms with Crippen molar-refractivity contribution in [2.75, 3.05) is 0 Å². The van der Waals surface area contributed by atoms with Gasteiger partial charge in [-0.15, -0.1) is 0 Å². The van der Waals surface area contributed by atoms with Gasteiger partial charge in [0.15, 0.2) is 6.29 Å². The first-order valence-corrected chi connectivity index (χ1v) is 8.54. The molecule has 1 N–H and O–H groups in total. The van der Waals surface area contributed by atoms with Crippen LogP contribution in [0.25, 0.3) is 22.2 Å². The summed E-state index contributed by atoms with van der Waals surface area (Å²) in [6, 6.07) is 26.9. The number of aldehydes is 1. The molecule has 1 heterocycles. The van der Waals surface area contributed by atoms with E-state index in [1.807, 2.05) is 30.3 Å². The van der Waals surface area contributed by atoms with Crippen molar-refractivity contribution in [2.24, 2.45) is 0 Å². The topological polar surface area (TPSA) is 32.9 Å². The highest BCUT2D eigenvalue weighted by Crippen LogP contribution is 2.29. The first-order chi connectivity index (χ1) is 12.3. The second kappa shape index (κ2) is 6.78. The molecule has 0 saturated heterocycles. The molecule has 0 atom stereocenters. The Morgan fingerprint density at radius 1 is 0.720 bits per heavy atom. The minimum atomic E-state index is 0.729. The van der Waals surface area contributed by atoms with Gasteiger partial charge in [-0.3, -0.25) is 4.79 Å². The summed E-state index contributed by atoms with van der Waals surface area (Å²) in [5.74, 6) is 0. The van der Waals surface area contributed by atoms with Crippen molar-refractivity contribution in [1.29, 1.82) is 0 Å². The number of rotatable bonds is 5. The number of para-hydroxylation sites is 1. The summed E-state index contributed by atoms with van der Waals surface area (Å²) in [4.78, 5) is 15.0. The summed E-state index contributed by atoms with van der Waals surface area (Å²) >= 11 is 0. The minimum absolute atomic E-state index is 0.729. The number of carbonyl (C=O) groups is 1. The van der Waals surface area contributed by atoms with Crippen LogP contribution in [0.3, 0.4) is 0 Å². The normalized spacial score (nSPS) is 10.9. The number of hydrogen-bond donors (Lipinski definition) is 1. The lowest BCUT2D eigenvalue weighted by Gasteiger charge is -2.05. The first-order valence-electron chi connectivity index (χ1n) is 8.54. The van der Waals surface area contributed by atoms with Crippen molar-refractivity contribution in [1.82, 2.24) is 4.98 Å². The van der Waals surface area contributed by atoms with Crippen molar-refractivity contribution in [3.63, 3.8) is 0 Å². The largest absolute Gasteiger partial charge is 0.354 e. The molecule has 122 valence electrons.